The molecule has 0 saturated carbocycles. The van der Waals surface area contributed by atoms with E-state index in [4.69, 9.17) is 0 Å². The molecular weight excluding hydrogens is 542 g/mol. The molecule has 4 rings (SSSR count). The van der Waals surface area contributed by atoms with Crippen molar-refractivity contribution in [2.24, 2.45) is 0 Å². The summed E-state index contributed by atoms with van der Waals surface area (Å²) in [7, 11) is -12.9. The largest absolute Gasteiger partial charge is 0.534 e. The Balaban J connectivity index is 2.00. The molecule has 0 unspecified atom stereocenters. The molecule has 0 atom stereocenters. The van der Waals surface area contributed by atoms with Gasteiger partial charge in [0, 0.05) is 17.0 Å². The molecule has 4 aromatic rings. The molecule has 0 saturated heterocycles. The molecule has 8 nitrogen and oxygen atoms in total. The molecule has 16 heteroatoms. The van der Waals surface area contributed by atoms with Crippen LogP contribution in [0, 0.1) is 0 Å². The molecule has 0 aliphatic heterocycles. The quantitative estimate of drug-likeness (QED) is 0.195. The standard InChI is InChI=1S/C20H10F6N2O6S2/c21-19(22,23)35(29,30)33-17-10-14-12(11-4-1-7-15-13(11)6-3-9-27-15)5-2-8-16(14)28-18(17)34-36(31,32)20(24,25)26/h1-10H. The van der Waals surface area contributed by atoms with Crippen molar-refractivity contribution in [2.45, 2.75) is 11.0 Å². The molecule has 2 aromatic heterocycles. The third-order valence-corrected chi connectivity index (χ3v) is 6.59. The van der Waals surface area contributed by atoms with Gasteiger partial charge in [-0.05, 0) is 35.4 Å². The van der Waals surface area contributed by atoms with Gasteiger partial charge in [-0.2, -0.15) is 43.2 Å². The third kappa shape index (κ3) is 4.60. The number of pyridine rings is 2. The number of nitrogens with zero attached hydrogens (tertiary/aromatic N) is 2. The van der Waals surface area contributed by atoms with Gasteiger partial charge < -0.3 is 8.37 Å². The smallest absolute Gasteiger partial charge is 0.370 e. The highest BCUT2D eigenvalue weighted by molar-refractivity contribution is 7.88. The van der Waals surface area contributed by atoms with Crippen LogP contribution in [0.3, 0.4) is 0 Å². The van der Waals surface area contributed by atoms with Crippen LogP contribution in [0.1, 0.15) is 0 Å². The maximum Gasteiger partial charge on any atom is 0.534 e. The first-order valence-electron chi connectivity index (χ1n) is 9.40. The fourth-order valence-corrected chi connectivity index (χ4v) is 4.04. The molecule has 0 bridgehead atoms. The van der Waals surface area contributed by atoms with Crippen molar-refractivity contribution in [3.8, 4) is 22.8 Å². The average Bonchev–Trinajstić information content (AvgIpc) is 2.77. The van der Waals surface area contributed by atoms with Gasteiger partial charge >= 0.3 is 31.3 Å². The molecule has 0 aliphatic carbocycles. The van der Waals surface area contributed by atoms with Gasteiger partial charge in [-0.15, -0.1) is 0 Å². The Morgan fingerprint density at radius 3 is 1.83 bits per heavy atom. The third-order valence-electron chi connectivity index (χ3n) is 4.68. The second-order valence-electron chi connectivity index (χ2n) is 7.01. The summed E-state index contributed by atoms with van der Waals surface area (Å²) in [6.07, 6.45) is 1.51. The Labute approximate surface area is 198 Å². The minimum Gasteiger partial charge on any atom is -0.370 e. The minimum absolute atomic E-state index is 0.0852. The first-order chi connectivity index (χ1) is 16.6. The summed E-state index contributed by atoms with van der Waals surface area (Å²) in [5.41, 5.74) is -11.0. The minimum atomic E-state index is -6.45. The topological polar surface area (TPSA) is 113 Å². The van der Waals surface area contributed by atoms with E-state index in [1.807, 2.05) is 0 Å². The Bertz CT molecular complexity index is 1700. The van der Waals surface area contributed by atoms with Gasteiger partial charge in [0.2, 0.25) is 5.75 Å². The van der Waals surface area contributed by atoms with E-state index in [-0.39, 0.29) is 16.5 Å². The summed E-state index contributed by atoms with van der Waals surface area (Å²) in [4.78, 5) is 7.71. The number of fused-ring (bicyclic) bond motifs is 2. The van der Waals surface area contributed by atoms with E-state index in [2.05, 4.69) is 18.3 Å². The molecule has 36 heavy (non-hydrogen) atoms. The maximum atomic E-state index is 12.9. The second-order valence-corrected chi connectivity index (χ2v) is 10.1. The maximum absolute atomic E-state index is 12.9. The summed E-state index contributed by atoms with van der Waals surface area (Å²) in [5.74, 6) is -3.19. The van der Waals surface area contributed by atoms with Gasteiger partial charge in [-0.25, -0.2) is 4.98 Å². The Kier molecular flexibility index (Phi) is 5.99. The van der Waals surface area contributed by atoms with Crippen LogP contribution >= 0.6 is 0 Å². The van der Waals surface area contributed by atoms with Crippen molar-refractivity contribution in [1.29, 1.82) is 0 Å². The van der Waals surface area contributed by atoms with E-state index in [0.717, 1.165) is 0 Å². The summed E-state index contributed by atoms with van der Waals surface area (Å²) < 4.78 is 131. The van der Waals surface area contributed by atoms with Crippen LogP contribution in [0.4, 0.5) is 26.3 Å². The van der Waals surface area contributed by atoms with Crippen LogP contribution in [-0.4, -0.2) is 37.8 Å². The summed E-state index contributed by atoms with van der Waals surface area (Å²) in [6.45, 7) is 0. The van der Waals surface area contributed by atoms with Gasteiger partial charge in [0.1, 0.15) is 0 Å². The van der Waals surface area contributed by atoms with Crippen molar-refractivity contribution in [3.05, 3.63) is 60.8 Å². The fourth-order valence-electron chi connectivity index (χ4n) is 3.17. The van der Waals surface area contributed by atoms with E-state index < -0.39 is 42.9 Å². The number of hydrogen-bond acceptors (Lipinski definition) is 8. The van der Waals surface area contributed by atoms with Crippen LogP contribution in [0.25, 0.3) is 32.9 Å². The Hall–Kier alpha value is -3.66. The van der Waals surface area contributed by atoms with Crippen LogP contribution in [0.2, 0.25) is 0 Å². The monoisotopic (exact) mass is 552 g/mol. The predicted octanol–water partition coefficient (Wildman–Crippen LogP) is 4.91. The van der Waals surface area contributed by atoms with Crippen molar-refractivity contribution in [3.63, 3.8) is 0 Å². The van der Waals surface area contributed by atoms with Crippen LogP contribution in [0.5, 0.6) is 11.6 Å². The highest BCUT2D eigenvalue weighted by Crippen LogP contribution is 2.40. The number of halogens is 6. The SMILES string of the molecule is O=S(=O)(Oc1cc2c(-c3cccc4ncccc34)cccc2nc1OS(=O)(=O)C(F)(F)F)C(F)(F)F. The van der Waals surface area contributed by atoms with Crippen molar-refractivity contribution in [1.82, 2.24) is 9.97 Å². The second kappa shape index (κ2) is 8.48. The summed E-state index contributed by atoms with van der Waals surface area (Å²) >= 11 is 0. The zero-order valence-corrected chi connectivity index (χ0v) is 18.8. The summed E-state index contributed by atoms with van der Waals surface area (Å²) in [5, 5.41) is 0.482. The van der Waals surface area contributed by atoms with Gasteiger partial charge in [0.05, 0.1) is 11.0 Å². The van der Waals surface area contributed by atoms with Gasteiger partial charge in [0.25, 0.3) is 5.88 Å². The first-order valence-corrected chi connectivity index (χ1v) is 12.2. The zero-order chi connectivity index (χ0) is 26.5. The Morgan fingerprint density at radius 2 is 1.22 bits per heavy atom. The zero-order valence-electron chi connectivity index (χ0n) is 17.2. The van der Waals surface area contributed by atoms with Crippen LogP contribution in [-0.2, 0) is 20.2 Å². The lowest BCUT2D eigenvalue weighted by atomic mass is 9.97. The molecule has 2 aromatic carbocycles. The van der Waals surface area contributed by atoms with Gasteiger partial charge in [-0.1, -0.05) is 30.3 Å². The van der Waals surface area contributed by atoms with Gasteiger partial charge in [0.15, 0.2) is 0 Å². The average molecular weight is 552 g/mol. The van der Waals surface area contributed by atoms with Crippen LogP contribution < -0.4 is 8.37 Å². The molecule has 0 spiro atoms. The fraction of sp³-hybridized carbons (Fsp3) is 0.100. The van der Waals surface area contributed by atoms with E-state index in [0.29, 0.717) is 22.5 Å². The number of aromatic nitrogens is 2. The molecule has 0 amide bonds. The number of rotatable bonds is 5. The number of alkyl halides is 6. The predicted molar refractivity (Wildman–Crippen MR) is 114 cm³/mol. The molecule has 0 fully saturated rings. The van der Waals surface area contributed by atoms with Crippen LogP contribution in [0.15, 0.2) is 60.8 Å². The lowest BCUT2D eigenvalue weighted by Gasteiger charge is -2.16. The lowest BCUT2D eigenvalue weighted by molar-refractivity contribution is -0.0514. The number of benzene rings is 2. The summed E-state index contributed by atoms with van der Waals surface area (Å²) in [6, 6.07) is 12.8. The number of hydrogen-bond donors (Lipinski definition) is 0. The molecule has 2 heterocycles. The molecule has 0 aliphatic rings. The van der Waals surface area contributed by atoms with E-state index in [1.54, 1.807) is 30.3 Å². The van der Waals surface area contributed by atoms with Gasteiger partial charge in [-0.3, -0.25) is 4.98 Å². The first kappa shape index (κ1) is 25.4. The van der Waals surface area contributed by atoms with Crippen molar-refractivity contribution < 1.29 is 51.5 Å². The normalized spacial score (nSPS) is 13.2. The Morgan fingerprint density at radius 1 is 0.667 bits per heavy atom. The van der Waals surface area contributed by atoms with E-state index >= 15 is 0 Å². The van der Waals surface area contributed by atoms with E-state index in [1.165, 1.54) is 24.4 Å². The molecule has 0 N–H and O–H groups in total. The van der Waals surface area contributed by atoms with Crippen molar-refractivity contribution >= 4 is 42.0 Å². The highest BCUT2D eigenvalue weighted by Gasteiger charge is 2.51. The highest BCUT2D eigenvalue weighted by atomic mass is 32.2. The lowest BCUT2D eigenvalue weighted by Crippen LogP contribution is -2.30. The molecule has 0 radical (unpaired) electrons. The van der Waals surface area contributed by atoms with Crippen molar-refractivity contribution in [2.75, 3.05) is 0 Å². The van der Waals surface area contributed by atoms with E-state index in [9.17, 15) is 43.2 Å². The molecule has 190 valence electrons. The molecular formula is C20H10F6N2O6S2.